The van der Waals surface area contributed by atoms with Crippen LogP contribution >= 0.6 is 12.4 Å². The highest BCUT2D eigenvalue weighted by Crippen LogP contribution is 2.45. The van der Waals surface area contributed by atoms with Crippen molar-refractivity contribution in [3.05, 3.63) is 53.7 Å². The smallest absolute Gasteiger partial charge is 0.206 e. The van der Waals surface area contributed by atoms with E-state index in [0.717, 1.165) is 23.7 Å². The summed E-state index contributed by atoms with van der Waals surface area (Å²) in [6, 6.07) is 13.0. The predicted molar refractivity (Wildman–Crippen MR) is 116 cm³/mol. The lowest BCUT2D eigenvalue weighted by atomic mass is 9.99. The number of hydrogen-bond acceptors (Lipinski definition) is 4. The second-order valence-electron chi connectivity index (χ2n) is 7.68. The van der Waals surface area contributed by atoms with Crippen LogP contribution in [-0.2, 0) is 23.3 Å². The molecule has 0 spiro atoms. The van der Waals surface area contributed by atoms with Gasteiger partial charge in [-0.3, -0.25) is 0 Å². The Morgan fingerprint density at radius 1 is 1.14 bits per heavy atom. The molecule has 154 valence electrons. The fraction of sp³-hybridized carbons (Fsp3) is 0.364. The van der Waals surface area contributed by atoms with E-state index in [-0.39, 0.29) is 12.4 Å². The molecule has 2 aromatic carbocycles. The summed E-state index contributed by atoms with van der Waals surface area (Å²) in [5.74, 6) is 0.641. The standard InChI is InChI=1S/C22H24N2O3S.ClH/c1-3-27-20-13-16(28(25,26)15-7-5-4-6-8-15)12-17-21-18-10-9-14(23-18)11-19(21)24(2)22(17)20;/h4-8,12-14,18,23H,3,9-11H2,1-2H3;1H. The van der Waals surface area contributed by atoms with Crippen LogP contribution in [0.3, 0.4) is 0 Å². The third kappa shape index (κ3) is 3.05. The summed E-state index contributed by atoms with van der Waals surface area (Å²) < 4.78 is 34.7. The first-order valence-corrected chi connectivity index (χ1v) is 11.3. The number of nitrogens with one attached hydrogen (secondary N) is 1. The largest absolute Gasteiger partial charge is 0.492 e. The van der Waals surface area contributed by atoms with Gasteiger partial charge in [0.15, 0.2) is 0 Å². The van der Waals surface area contributed by atoms with E-state index in [1.54, 1.807) is 30.3 Å². The van der Waals surface area contributed by atoms with Crippen LogP contribution in [0.4, 0.5) is 0 Å². The van der Waals surface area contributed by atoms with E-state index < -0.39 is 9.84 Å². The third-order valence-electron chi connectivity index (χ3n) is 6.08. The summed E-state index contributed by atoms with van der Waals surface area (Å²) in [5, 5.41) is 4.69. The molecule has 0 amide bonds. The molecule has 2 bridgehead atoms. The Morgan fingerprint density at radius 3 is 2.62 bits per heavy atom. The van der Waals surface area contributed by atoms with Gasteiger partial charge in [-0.2, -0.15) is 0 Å². The van der Waals surface area contributed by atoms with Crippen molar-refractivity contribution >= 4 is 33.1 Å². The van der Waals surface area contributed by atoms with E-state index in [4.69, 9.17) is 4.74 Å². The molecule has 1 aromatic heterocycles. The Bertz CT molecular complexity index is 1170. The van der Waals surface area contributed by atoms with Crippen molar-refractivity contribution in [2.45, 2.75) is 48.1 Å². The molecule has 2 aliphatic rings. The number of aryl methyl sites for hydroxylation is 1. The maximum absolute atomic E-state index is 13.3. The lowest BCUT2D eigenvalue weighted by molar-refractivity contribution is 0.342. The summed E-state index contributed by atoms with van der Waals surface area (Å²) in [5.41, 5.74) is 3.54. The van der Waals surface area contributed by atoms with E-state index in [2.05, 4.69) is 16.9 Å². The Labute approximate surface area is 177 Å². The molecule has 7 heteroatoms. The van der Waals surface area contributed by atoms with Gasteiger partial charge in [-0.25, -0.2) is 8.42 Å². The molecule has 2 atom stereocenters. The van der Waals surface area contributed by atoms with Crippen molar-refractivity contribution in [3.8, 4) is 5.75 Å². The molecule has 0 aliphatic carbocycles. The highest BCUT2D eigenvalue weighted by molar-refractivity contribution is 7.91. The van der Waals surface area contributed by atoms with Crippen LogP contribution in [0, 0.1) is 0 Å². The molecular weight excluding hydrogens is 408 g/mol. The van der Waals surface area contributed by atoms with Gasteiger partial charge in [-0.1, -0.05) is 18.2 Å². The number of sulfone groups is 1. The zero-order valence-corrected chi connectivity index (χ0v) is 18.1. The van der Waals surface area contributed by atoms with E-state index >= 15 is 0 Å². The monoisotopic (exact) mass is 432 g/mol. The number of nitrogens with zero attached hydrogens (tertiary/aromatic N) is 1. The number of rotatable bonds is 4. The first-order chi connectivity index (χ1) is 13.5. The van der Waals surface area contributed by atoms with Gasteiger partial charge in [0, 0.05) is 42.7 Å². The molecule has 1 N–H and O–H groups in total. The molecule has 2 unspecified atom stereocenters. The maximum Gasteiger partial charge on any atom is 0.206 e. The van der Waals surface area contributed by atoms with Crippen molar-refractivity contribution in [1.82, 2.24) is 9.88 Å². The molecule has 5 rings (SSSR count). The van der Waals surface area contributed by atoms with Crippen molar-refractivity contribution in [2.75, 3.05) is 6.61 Å². The van der Waals surface area contributed by atoms with Gasteiger partial charge in [0.2, 0.25) is 9.84 Å². The van der Waals surface area contributed by atoms with Crippen molar-refractivity contribution in [3.63, 3.8) is 0 Å². The number of ether oxygens (including phenoxy) is 1. The van der Waals surface area contributed by atoms with Gasteiger partial charge >= 0.3 is 0 Å². The fourth-order valence-electron chi connectivity index (χ4n) is 4.84. The number of aromatic nitrogens is 1. The maximum atomic E-state index is 13.3. The van der Waals surface area contributed by atoms with Crippen LogP contribution in [0.1, 0.15) is 37.1 Å². The molecule has 3 aromatic rings. The normalized spacial score (nSPS) is 20.3. The van der Waals surface area contributed by atoms with Gasteiger partial charge in [-0.05, 0) is 43.5 Å². The lowest BCUT2D eigenvalue weighted by Gasteiger charge is -2.23. The van der Waals surface area contributed by atoms with E-state index in [0.29, 0.717) is 34.2 Å². The second-order valence-corrected chi connectivity index (χ2v) is 9.63. The average molecular weight is 433 g/mol. The van der Waals surface area contributed by atoms with Crippen LogP contribution in [0.25, 0.3) is 10.9 Å². The number of benzene rings is 2. The third-order valence-corrected chi connectivity index (χ3v) is 7.83. The first kappa shape index (κ1) is 20.3. The number of halogens is 1. The Morgan fingerprint density at radius 2 is 1.90 bits per heavy atom. The fourth-order valence-corrected chi connectivity index (χ4v) is 6.16. The molecule has 0 radical (unpaired) electrons. The lowest BCUT2D eigenvalue weighted by Crippen LogP contribution is -2.32. The number of hydrogen-bond donors (Lipinski definition) is 1. The van der Waals surface area contributed by atoms with Crippen LogP contribution in [0.5, 0.6) is 5.75 Å². The molecule has 2 aliphatic heterocycles. The SMILES string of the molecule is CCOc1cc(S(=O)(=O)c2ccccc2)cc2c3c(n(C)c12)CC1CCC3N1.Cl. The Hall–Kier alpha value is -2.02. The molecule has 3 heterocycles. The van der Waals surface area contributed by atoms with Crippen LogP contribution < -0.4 is 10.1 Å². The van der Waals surface area contributed by atoms with Crippen LogP contribution in [-0.4, -0.2) is 25.6 Å². The zero-order chi connectivity index (χ0) is 19.5. The van der Waals surface area contributed by atoms with Crippen molar-refractivity contribution in [2.24, 2.45) is 7.05 Å². The van der Waals surface area contributed by atoms with E-state index in [1.807, 2.05) is 19.1 Å². The molecule has 0 saturated carbocycles. The van der Waals surface area contributed by atoms with E-state index in [1.165, 1.54) is 17.7 Å². The second kappa shape index (κ2) is 7.35. The molecule has 5 nitrogen and oxygen atoms in total. The Balaban J connectivity index is 0.00000205. The van der Waals surface area contributed by atoms with Gasteiger partial charge < -0.3 is 14.6 Å². The summed E-state index contributed by atoms with van der Waals surface area (Å²) in [4.78, 5) is 0.601. The van der Waals surface area contributed by atoms with Crippen LogP contribution in [0.15, 0.2) is 52.3 Å². The zero-order valence-electron chi connectivity index (χ0n) is 16.5. The molecular formula is C22H25ClN2O3S. The summed E-state index contributed by atoms with van der Waals surface area (Å²) in [6.07, 6.45) is 3.24. The topological polar surface area (TPSA) is 60.3 Å². The van der Waals surface area contributed by atoms with Crippen LogP contribution in [0.2, 0.25) is 0 Å². The average Bonchev–Trinajstić information content (AvgIpc) is 3.22. The van der Waals surface area contributed by atoms with Crippen molar-refractivity contribution < 1.29 is 13.2 Å². The minimum Gasteiger partial charge on any atom is -0.492 e. The molecule has 29 heavy (non-hydrogen) atoms. The van der Waals surface area contributed by atoms with Gasteiger partial charge in [0.05, 0.1) is 21.9 Å². The highest BCUT2D eigenvalue weighted by atomic mass is 35.5. The summed E-state index contributed by atoms with van der Waals surface area (Å²) >= 11 is 0. The summed E-state index contributed by atoms with van der Waals surface area (Å²) in [6.45, 7) is 2.42. The van der Waals surface area contributed by atoms with Gasteiger partial charge in [-0.15, -0.1) is 12.4 Å². The van der Waals surface area contributed by atoms with Gasteiger partial charge in [0.25, 0.3) is 0 Å². The minimum atomic E-state index is -3.61. The quantitative estimate of drug-likeness (QED) is 0.671. The minimum absolute atomic E-state index is 0. The molecule has 1 saturated heterocycles. The first-order valence-electron chi connectivity index (χ1n) is 9.85. The predicted octanol–water partition coefficient (Wildman–Crippen LogP) is 4.18. The van der Waals surface area contributed by atoms with Crippen molar-refractivity contribution in [1.29, 1.82) is 0 Å². The summed E-state index contributed by atoms with van der Waals surface area (Å²) in [7, 11) is -1.54. The Kier molecular flexibility index (Phi) is 5.13. The number of fused-ring (bicyclic) bond motifs is 6. The van der Waals surface area contributed by atoms with Gasteiger partial charge in [0.1, 0.15) is 5.75 Å². The molecule has 1 fully saturated rings. The van der Waals surface area contributed by atoms with E-state index in [9.17, 15) is 8.42 Å². The highest BCUT2D eigenvalue weighted by Gasteiger charge is 2.37.